The van der Waals surface area contributed by atoms with Crippen molar-refractivity contribution >= 4 is 33.4 Å². The monoisotopic (exact) mass is 363 g/mol. The molecule has 0 saturated heterocycles. The molecule has 0 saturated carbocycles. The van der Waals surface area contributed by atoms with Gasteiger partial charge in [-0.2, -0.15) is 4.98 Å². The molecule has 2 aromatic rings. The average Bonchev–Trinajstić information content (AvgIpc) is 2.48. The highest BCUT2D eigenvalue weighted by Crippen LogP contribution is 2.23. The molecular weight excluding hydrogens is 342 g/mol. The Kier molecular flexibility index (Phi) is 6.15. The number of nitrogens with one attached hydrogen (secondary N) is 2. The molecule has 6 heteroatoms. The maximum atomic E-state index is 4.47. The Morgan fingerprint density at radius 1 is 1.23 bits per heavy atom. The molecule has 0 spiro atoms. The van der Waals surface area contributed by atoms with Gasteiger partial charge in [-0.15, -0.1) is 0 Å². The van der Waals surface area contributed by atoms with E-state index < -0.39 is 0 Å². The van der Waals surface area contributed by atoms with Crippen LogP contribution in [0.3, 0.4) is 0 Å². The predicted octanol–water partition coefficient (Wildman–Crippen LogP) is 3.65. The fraction of sp³-hybridized carbons (Fsp3) is 0.375. The summed E-state index contributed by atoms with van der Waals surface area (Å²) < 4.78 is 1.08. The van der Waals surface area contributed by atoms with Gasteiger partial charge < -0.3 is 15.5 Å². The van der Waals surface area contributed by atoms with Crippen molar-refractivity contribution in [1.29, 1.82) is 0 Å². The highest BCUT2D eigenvalue weighted by Gasteiger charge is 2.02. The van der Waals surface area contributed by atoms with Gasteiger partial charge in [0.2, 0.25) is 5.95 Å². The lowest BCUT2D eigenvalue weighted by molar-refractivity contribution is 0.405. The molecule has 0 unspecified atom stereocenters. The van der Waals surface area contributed by atoms with Crippen molar-refractivity contribution < 1.29 is 0 Å². The summed E-state index contributed by atoms with van der Waals surface area (Å²) in [6.45, 7) is 3.97. The van der Waals surface area contributed by atoms with E-state index in [9.17, 15) is 0 Å². The number of hydrogen-bond donors (Lipinski definition) is 2. The summed E-state index contributed by atoms with van der Waals surface area (Å²) in [6, 6.07) is 8.00. The number of benzene rings is 1. The van der Waals surface area contributed by atoms with E-state index >= 15 is 0 Å². The van der Waals surface area contributed by atoms with Crippen LogP contribution < -0.4 is 10.6 Å². The minimum Gasteiger partial charge on any atom is -0.354 e. The molecule has 0 aliphatic heterocycles. The van der Waals surface area contributed by atoms with Crippen molar-refractivity contribution in [1.82, 2.24) is 14.9 Å². The van der Waals surface area contributed by atoms with Gasteiger partial charge in [-0.1, -0.05) is 22.0 Å². The van der Waals surface area contributed by atoms with Crippen molar-refractivity contribution in [2.24, 2.45) is 0 Å². The summed E-state index contributed by atoms with van der Waals surface area (Å²) in [5.41, 5.74) is 2.20. The van der Waals surface area contributed by atoms with E-state index in [2.05, 4.69) is 68.5 Å². The number of nitrogens with zero attached hydrogens (tertiary/aromatic N) is 3. The lowest BCUT2D eigenvalue weighted by Crippen LogP contribution is -2.17. The molecule has 0 aliphatic rings. The van der Waals surface area contributed by atoms with Crippen molar-refractivity contribution in [2.45, 2.75) is 13.3 Å². The van der Waals surface area contributed by atoms with Gasteiger partial charge in [-0.05, 0) is 57.7 Å². The van der Waals surface area contributed by atoms with Crippen LogP contribution >= 0.6 is 15.9 Å². The van der Waals surface area contributed by atoms with Crippen molar-refractivity contribution in [2.75, 3.05) is 37.8 Å². The highest BCUT2D eigenvalue weighted by molar-refractivity contribution is 9.10. The summed E-state index contributed by atoms with van der Waals surface area (Å²) in [5.74, 6) is 1.43. The topological polar surface area (TPSA) is 53.1 Å². The zero-order valence-electron chi connectivity index (χ0n) is 13.2. The molecule has 5 nitrogen and oxygen atoms in total. The third kappa shape index (κ3) is 5.27. The Bertz CT molecular complexity index is 615. The summed E-state index contributed by atoms with van der Waals surface area (Å²) in [5, 5.41) is 6.54. The number of hydrogen-bond acceptors (Lipinski definition) is 5. The SMILES string of the molecule is Cc1ccc(Nc2ccnc(NCCCN(C)C)n2)cc1Br. The van der Waals surface area contributed by atoms with E-state index in [1.54, 1.807) is 6.20 Å². The normalized spacial score (nSPS) is 10.8. The second-order valence-electron chi connectivity index (χ2n) is 5.44. The fourth-order valence-corrected chi connectivity index (χ4v) is 2.31. The van der Waals surface area contributed by atoms with Gasteiger partial charge >= 0.3 is 0 Å². The molecule has 1 aromatic heterocycles. The first kappa shape index (κ1) is 16.7. The van der Waals surface area contributed by atoms with Gasteiger partial charge in [0.15, 0.2) is 0 Å². The van der Waals surface area contributed by atoms with E-state index in [0.29, 0.717) is 5.95 Å². The molecule has 0 aliphatic carbocycles. The summed E-state index contributed by atoms with van der Waals surface area (Å²) in [4.78, 5) is 10.9. The zero-order chi connectivity index (χ0) is 15.9. The largest absolute Gasteiger partial charge is 0.354 e. The van der Waals surface area contributed by atoms with Gasteiger partial charge in [-0.25, -0.2) is 4.98 Å². The third-order valence-electron chi connectivity index (χ3n) is 3.17. The first-order valence-electron chi connectivity index (χ1n) is 7.29. The fourth-order valence-electron chi connectivity index (χ4n) is 1.93. The second-order valence-corrected chi connectivity index (χ2v) is 6.29. The van der Waals surface area contributed by atoms with Crippen molar-refractivity contribution in [3.63, 3.8) is 0 Å². The Hall–Kier alpha value is -1.66. The number of aryl methyl sites for hydroxylation is 1. The molecule has 22 heavy (non-hydrogen) atoms. The van der Waals surface area contributed by atoms with Gasteiger partial charge in [0.25, 0.3) is 0 Å². The van der Waals surface area contributed by atoms with E-state index in [1.807, 2.05) is 18.2 Å². The average molecular weight is 364 g/mol. The second kappa shape index (κ2) is 8.10. The molecular formula is C16H22BrN5. The van der Waals surface area contributed by atoms with Crippen LogP contribution in [0.15, 0.2) is 34.9 Å². The Morgan fingerprint density at radius 3 is 2.77 bits per heavy atom. The predicted molar refractivity (Wildman–Crippen MR) is 95.9 cm³/mol. The van der Waals surface area contributed by atoms with Crippen LogP contribution in [0.4, 0.5) is 17.5 Å². The van der Waals surface area contributed by atoms with E-state index in [1.165, 1.54) is 5.56 Å². The molecule has 1 aromatic carbocycles. The number of halogens is 1. The van der Waals surface area contributed by atoms with Crippen LogP contribution in [-0.4, -0.2) is 42.1 Å². The van der Waals surface area contributed by atoms with Gasteiger partial charge in [0, 0.05) is 22.9 Å². The van der Waals surface area contributed by atoms with E-state index in [-0.39, 0.29) is 0 Å². The Morgan fingerprint density at radius 2 is 2.05 bits per heavy atom. The number of rotatable bonds is 7. The highest BCUT2D eigenvalue weighted by atomic mass is 79.9. The zero-order valence-corrected chi connectivity index (χ0v) is 14.8. The molecule has 0 radical (unpaired) electrons. The number of aromatic nitrogens is 2. The molecule has 2 rings (SSSR count). The first-order chi connectivity index (χ1) is 10.5. The van der Waals surface area contributed by atoms with Crippen LogP contribution in [-0.2, 0) is 0 Å². The van der Waals surface area contributed by atoms with Gasteiger partial charge in [-0.3, -0.25) is 0 Å². The maximum absolute atomic E-state index is 4.47. The molecule has 2 N–H and O–H groups in total. The van der Waals surface area contributed by atoms with Crippen LogP contribution in [0.5, 0.6) is 0 Å². The lowest BCUT2D eigenvalue weighted by Gasteiger charge is -2.11. The Balaban J connectivity index is 1.94. The van der Waals surface area contributed by atoms with Gasteiger partial charge in [0.05, 0.1) is 0 Å². The minimum atomic E-state index is 0.648. The van der Waals surface area contributed by atoms with Crippen LogP contribution in [0.1, 0.15) is 12.0 Å². The molecule has 0 fully saturated rings. The molecule has 0 atom stereocenters. The van der Waals surface area contributed by atoms with E-state index in [0.717, 1.165) is 35.5 Å². The number of anilines is 3. The maximum Gasteiger partial charge on any atom is 0.224 e. The third-order valence-corrected chi connectivity index (χ3v) is 4.02. The molecule has 118 valence electrons. The van der Waals surface area contributed by atoms with E-state index in [4.69, 9.17) is 0 Å². The lowest BCUT2D eigenvalue weighted by atomic mass is 10.2. The summed E-state index contributed by atoms with van der Waals surface area (Å²) >= 11 is 3.54. The summed E-state index contributed by atoms with van der Waals surface area (Å²) in [7, 11) is 4.14. The molecule has 0 bridgehead atoms. The first-order valence-corrected chi connectivity index (χ1v) is 8.09. The van der Waals surface area contributed by atoms with Gasteiger partial charge in [0.1, 0.15) is 5.82 Å². The molecule has 1 heterocycles. The van der Waals surface area contributed by atoms with Crippen LogP contribution in [0.2, 0.25) is 0 Å². The quantitative estimate of drug-likeness (QED) is 0.735. The van der Waals surface area contributed by atoms with Crippen LogP contribution in [0, 0.1) is 6.92 Å². The molecule has 0 amide bonds. The summed E-state index contributed by atoms with van der Waals surface area (Å²) in [6.07, 6.45) is 2.81. The smallest absolute Gasteiger partial charge is 0.224 e. The van der Waals surface area contributed by atoms with Crippen molar-refractivity contribution in [3.8, 4) is 0 Å². The van der Waals surface area contributed by atoms with Crippen molar-refractivity contribution in [3.05, 3.63) is 40.5 Å². The standard InChI is InChI=1S/C16H22BrN5/c1-12-5-6-13(11-14(12)17)20-15-7-9-19-16(21-15)18-8-4-10-22(2)3/h5-7,9,11H,4,8,10H2,1-3H3,(H2,18,19,20,21). The van der Waals surface area contributed by atoms with Crippen LogP contribution in [0.25, 0.3) is 0 Å². The minimum absolute atomic E-state index is 0.648. The Labute approximate surface area is 140 Å².